The number of sulfonamides is 1. The fourth-order valence-electron chi connectivity index (χ4n) is 2.52. The maximum Gasteiger partial charge on any atom is 0.216 e. The third-order valence-corrected chi connectivity index (χ3v) is 5.24. The summed E-state index contributed by atoms with van der Waals surface area (Å²) < 4.78 is 26.5. The van der Waals surface area contributed by atoms with E-state index in [9.17, 15) is 8.42 Å². The van der Waals surface area contributed by atoms with E-state index >= 15 is 0 Å². The Morgan fingerprint density at radius 2 is 1.54 bits per heavy atom. The summed E-state index contributed by atoms with van der Waals surface area (Å²) >= 11 is 0. The summed E-state index contributed by atoms with van der Waals surface area (Å²) in [5.41, 5.74) is 4.51. The van der Waals surface area contributed by atoms with Gasteiger partial charge in [-0.25, -0.2) is 13.1 Å². The van der Waals surface area contributed by atoms with E-state index in [1.807, 2.05) is 50.2 Å². The van der Waals surface area contributed by atoms with Crippen LogP contribution in [0.1, 0.15) is 36.1 Å². The predicted molar refractivity (Wildman–Crippen MR) is 99.1 cm³/mol. The Kier molecular flexibility index (Phi) is 6.54. The van der Waals surface area contributed by atoms with Crippen molar-refractivity contribution in [3.05, 3.63) is 70.8 Å². The summed E-state index contributed by atoms with van der Waals surface area (Å²) in [7, 11) is -3.27. The minimum absolute atomic E-state index is 0.0160. The van der Waals surface area contributed by atoms with Crippen LogP contribution in [-0.4, -0.2) is 14.5 Å². The van der Waals surface area contributed by atoms with E-state index in [1.54, 1.807) is 0 Å². The lowest BCUT2D eigenvalue weighted by Gasteiger charge is -2.10. The Labute approximate surface area is 145 Å². The summed E-state index contributed by atoms with van der Waals surface area (Å²) in [4.78, 5) is 0. The molecule has 0 heterocycles. The SMILES string of the molecule is Cc1ccccc1CNCc1ccc(CS(=O)(=O)NC(C)C)cc1. The van der Waals surface area contributed by atoms with Crippen LogP contribution in [-0.2, 0) is 28.9 Å². The van der Waals surface area contributed by atoms with Gasteiger partial charge in [0.05, 0.1) is 5.75 Å². The summed E-state index contributed by atoms with van der Waals surface area (Å²) in [6.45, 7) is 7.33. The number of rotatable bonds is 8. The van der Waals surface area contributed by atoms with Crippen molar-refractivity contribution in [2.45, 2.75) is 45.7 Å². The first kappa shape index (κ1) is 18.6. The topological polar surface area (TPSA) is 58.2 Å². The molecule has 0 saturated heterocycles. The lowest BCUT2D eigenvalue weighted by Crippen LogP contribution is -2.31. The quantitative estimate of drug-likeness (QED) is 0.772. The van der Waals surface area contributed by atoms with Gasteiger partial charge < -0.3 is 5.32 Å². The molecule has 0 aliphatic carbocycles. The first-order valence-electron chi connectivity index (χ1n) is 8.19. The average Bonchev–Trinajstić information content (AvgIpc) is 2.49. The van der Waals surface area contributed by atoms with E-state index in [2.05, 4.69) is 29.1 Å². The van der Waals surface area contributed by atoms with Gasteiger partial charge in [-0.15, -0.1) is 0 Å². The molecule has 0 saturated carbocycles. The highest BCUT2D eigenvalue weighted by Gasteiger charge is 2.12. The van der Waals surface area contributed by atoms with Crippen molar-refractivity contribution in [3.8, 4) is 0 Å². The Morgan fingerprint density at radius 1 is 0.917 bits per heavy atom. The standard InChI is InChI=1S/C19H26N2O2S/c1-15(2)21-24(22,23)14-18-10-8-17(9-11-18)12-20-13-19-7-5-4-6-16(19)3/h4-11,15,20-21H,12-14H2,1-3H3. The van der Waals surface area contributed by atoms with Gasteiger partial charge in [-0.05, 0) is 43.0 Å². The fraction of sp³-hybridized carbons (Fsp3) is 0.368. The lowest BCUT2D eigenvalue weighted by atomic mass is 10.1. The van der Waals surface area contributed by atoms with E-state index in [0.717, 1.165) is 24.2 Å². The second kappa shape index (κ2) is 8.42. The third kappa shape index (κ3) is 6.07. The highest BCUT2D eigenvalue weighted by atomic mass is 32.2. The van der Waals surface area contributed by atoms with E-state index < -0.39 is 10.0 Å². The summed E-state index contributed by atoms with van der Waals surface area (Å²) in [5.74, 6) is 0.0160. The molecule has 0 atom stereocenters. The number of hydrogen-bond acceptors (Lipinski definition) is 3. The van der Waals surface area contributed by atoms with Crippen molar-refractivity contribution in [2.75, 3.05) is 0 Å². The zero-order valence-corrected chi connectivity index (χ0v) is 15.4. The van der Waals surface area contributed by atoms with E-state index in [-0.39, 0.29) is 11.8 Å². The Hall–Kier alpha value is -1.69. The Bertz CT molecular complexity index is 753. The van der Waals surface area contributed by atoms with Gasteiger partial charge in [0.25, 0.3) is 0 Å². The van der Waals surface area contributed by atoms with Gasteiger partial charge in [-0.3, -0.25) is 0 Å². The van der Waals surface area contributed by atoms with Gasteiger partial charge in [0.1, 0.15) is 0 Å². The molecular formula is C19H26N2O2S. The smallest absolute Gasteiger partial charge is 0.216 e. The van der Waals surface area contributed by atoms with Crippen LogP contribution in [0.25, 0.3) is 0 Å². The van der Waals surface area contributed by atoms with Gasteiger partial charge in [0, 0.05) is 19.1 Å². The molecular weight excluding hydrogens is 320 g/mol. The molecule has 130 valence electrons. The summed E-state index contributed by atoms with van der Waals surface area (Å²) in [5, 5.41) is 3.42. The summed E-state index contributed by atoms with van der Waals surface area (Å²) in [6.07, 6.45) is 0. The largest absolute Gasteiger partial charge is 0.309 e. The van der Waals surface area contributed by atoms with E-state index in [0.29, 0.717) is 0 Å². The maximum atomic E-state index is 11.9. The van der Waals surface area contributed by atoms with Crippen LogP contribution in [0.5, 0.6) is 0 Å². The molecule has 0 fully saturated rings. The van der Waals surface area contributed by atoms with Crippen LogP contribution in [0.4, 0.5) is 0 Å². The van der Waals surface area contributed by atoms with Crippen molar-refractivity contribution in [2.24, 2.45) is 0 Å². The predicted octanol–water partition coefficient (Wildman–Crippen LogP) is 3.11. The molecule has 0 radical (unpaired) electrons. The van der Waals surface area contributed by atoms with Crippen molar-refractivity contribution < 1.29 is 8.42 Å². The van der Waals surface area contributed by atoms with Crippen LogP contribution in [0, 0.1) is 6.92 Å². The third-order valence-electron chi connectivity index (χ3n) is 3.70. The molecule has 0 aliphatic rings. The minimum atomic E-state index is -3.27. The Morgan fingerprint density at radius 3 is 2.17 bits per heavy atom. The molecule has 2 aromatic rings. The minimum Gasteiger partial charge on any atom is -0.309 e. The first-order valence-corrected chi connectivity index (χ1v) is 9.84. The number of nitrogens with one attached hydrogen (secondary N) is 2. The maximum absolute atomic E-state index is 11.9. The molecule has 24 heavy (non-hydrogen) atoms. The summed E-state index contributed by atoms with van der Waals surface area (Å²) in [6, 6.07) is 15.9. The van der Waals surface area contributed by atoms with Gasteiger partial charge >= 0.3 is 0 Å². The zero-order valence-electron chi connectivity index (χ0n) is 14.5. The molecule has 0 spiro atoms. The van der Waals surface area contributed by atoms with E-state index in [4.69, 9.17) is 0 Å². The second-order valence-electron chi connectivity index (χ2n) is 6.38. The fourth-order valence-corrected chi connectivity index (χ4v) is 3.96. The first-order chi connectivity index (χ1) is 11.4. The molecule has 4 nitrogen and oxygen atoms in total. The molecule has 0 unspecified atom stereocenters. The van der Waals surface area contributed by atoms with Gasteiger partial charge in [-0.1, -0.05) is 48.5 Å². The van der Waals surface area contributed by atoms with Gasteiger partial charge in [0.15, 0.2) is 0 Å². The van der Waals surface area contributed by atoms with Gasteiger partial charge in [-0.2, -0.15) is 0 Å². The molecule has 0 amide bonds. The van der Waals surface area contributed by atoms with E-state index in [1.165, 1.54) is 11.1 Å². The normalized spacial score (nSPS) is 11.8. The molecule has 2 N–H and O–H groups in total. The lowest BCUT2D eigenvalue weighted by molar-refractivity contribution is 0.569. The number of benzene rings is 2. The molecule has 0 bridgehead atoms. The highest BCUT2D eigenvalue weighted by Crippen LogP contribution is 2.10. The zero-order chi connectivity index (χ0) is 17.6. The second-order valence-corrected chi connectivity index (χ2v) is 8.13. The van der Waals surface area contributed by atoms with Crippen molar-refractivity contribution >= 4 is 10.0 Å². The monoisotopic (exact) mass is 346 g/mol. The van der Waals surface area contributed by atoms with Crippen molar-refractivity contribution in [1.82, 2.24) is 10.0 Å². The molecule has 2 aromatic carbocycles. The molecule has 0 aliphatic heterocycles. The van der Waals surface area contributed by atoms with Crippen LogP contribution in [0.2, 0.25) is 0 Å². The van der Waals surface area contributed by atoms with Crippen LogP contribution < -0.4 is 10.0 Å². The van der Waals surface area contributed by atoms with Crippen LogP contribution >= 0.6 is 0 Å². The molecule has 0 aromatic heterocycles. The van der Waals surface area contributed by atoms with Crippen LogP contribution in [0.15, 0.2) is 48.5 Å². The highest BCUT2D eigenvalue weighted by molar-refractivity contribution is 7.88. The van der Waals surface area contributed by atoms with Crippen LogP contribution in [0.3, 0.4) is 0 Å². The van der Waals surface area contributed by atoms with Gasteiger partial charge in [0.2, 0.25) is 10.0 Å². The molecule has 2 rings (SSSR count). The van der Waals surface area contributed by atoms with Crippen molar-refractivity contribution in [1.29, 1.82) is 0 Å². The Balaban J connectivity index is 1.87. The van der Waals surface area contributed by atoms with Crippen molar-refractivity contribution in [3.63, 3.8) is 0 Å². The number of hydrogen-bond donors (Lipinski definition) is 2. The average molecular weight is 346 g/mol. The number of aryl methyl sites for hydroxylation is 1. The molecule has 5 heteroatoms.